The van der Waals surface area contributed by atoms with Gasteiger partial charge in [0.05, 0.1) is 11.1 Å². The summed E-state index contributed by atoms with van der Waals surface area (Å²) in [6, 6.07) is 7.42. The molecule has 4 amide bonds. The maximum Gasteiger partial charge on any atom is 0.261 e. The predicted octanol–water partition coefficient (Wildman–Crippen LogP) is 2.94. The summed E-state index contributed by atoms with van der Waals surface area (Å²) in [6.45, 7) is 0.0899. The van der Waals surface area contributed by atoms with E-state index in [1.54, 1.807) is 24.3 Å². The van der Waals surface area contributed by atoms with E-state index >= 15 is 0 Å². The molecule has 3 heterocycles. The fourth-order valence-electron chi connectivity index (χ4n) is 6.30. The molecular weight excluding hydrogens is 525 g/mol. The van der Waals surface area contributed by atoms with Crippen molar-refractivity contribution in [2.24, 2.45) is 11.7 Å². The molecule has 0 unspecified atom stereocenters. The zero-order chi connectivity index (χ0) is 28.6. The number of rotatable bonds is 9. The van der Waals surface area contributed by atoms with Gasteiger partial charge in [0.2, 0.25) is 11.8 Å². The van der Waals surface area contributed by atoms with Gasteiger partial charge in [0.1, 0.15) is 5.82 Å². The Labute approximate surface area is 229 Å². The smallest absolute Gasteiger partial charge is 0.261 e. The summed E-state index contributed by atoms with van der Waals surface area (Å²) in [6.07, 6.45) is 3.06. The van der Waals surface area contributed by atoms with Crippen LogP contribution in [0, 0.1) is 23.4 Å². The number of amides is 4. The first-order valence-corrected chi connectivity index (χ1v) is 13.6. The number of nitrogens with one attached hydrogen (secondary N) is 1. The number of nitrogens with two attached hydrogens (primary N) is 1. The molecule has 11 heteroatoms. The van der Waals surface area contributed by atoms with Crippen molar-refractivity contribution in [3.63, 3.8) is 0 Å². The van der Waals surface area contributed by atoms with E-state index < -0.39 is 35.3 Å². The number of hydrogen-bond donors (Lipinski definition) is 2. The highest BCUT2D eigenvalue weighted by atomic mass is 19.2. The number of hydrogen-bond acceptors (Lipinski definition) is 5. The highest BCUT2D eigenvalue weighted by Crippen LogP contribution is 2.40. The van der Waals surface area contributed by atoms with Crippen LogP contribution in [0.1, 0.15) is 64.8 Å². The van der Waals surface area contributed by atoms with Crippen LogP contribution < -0.4 is 11.1 Å². The second kappa shape index (κ2) is 11.4. The van der Waals surface area contributed by atoms with Crippen LogP contribution >= 0.6 is 0 Å². The van der Waals surface area contributed by atoms with Crippen molar-refractivity contribution in [3.8, 4) is 0 Å². The molecule has 0 aliphatic carbocycles. The third-order valence-electron chi connectivity index (χ3n) is 8.31. The van der Waals surface area contributed by atoms with Gasteiger partial charge in [0.25, 0.3) is 11.8 Å². The normalized spacial score (nSPS) is 22.4. The molecule has 4 atom stereocenters. The quantitative estimate of drug-likeness (QED) is 0.364. The van der Waals surface area contributed by atoms with E-state index in [0.29, 0.717) is 30.0 Å². The maximum atomic E-state index is 14.1. The van der Waals surface area contributed by atoms with Gasteiger partial charge >= 0.3 is 0 Å². The Kier molecular flexibility index (Phi) is 7.93. The SMILES string of the molecule is N[C@H](Cc1cc(F)c(F)cc1F)[C@@H]1C[C@H]2CC[C@@H](C1)N2C(=O)CCNC(=O)CCN1C(=O)c2ccccc2C1=O. The Morgan fingerprint density at radius 3 is 2.15 bits per heavy atom. The molecule has 40 heavy (non-hydrogen) atoms. The lowest BCUT2D eigenvalue weighted by molar-refractivity contribution is -0.136. The predicted molar refractivity (Wildman–Crippen MR) is 138 cm³/mol. The van der Waals surface area contributed by atoms with Gasteiger partial charge < -0.3 is 16.0 Å². The zero-order valence-corrected chi connectivity index (χ0v) is 21.9. The molecule has 2 aromatic carbocycles. The van der Waals surface area contributed by atoms with Crippen molar-refractivity contribution in [3.05, 3.63) is 70.5 Å². The number of piperidine rings is 1. The molecule has 3 aliphatic heterocycles. The lowest BCUT2D eigenvalue weighted by Crippen LogP contribution is -2.50. The minimum atomic E-state index is -1.24. The highest BCUT2D eigenvalue weighted by molar-refractivity contribution is 6.21. The summed E-state index contributed by atoms with van der Waals surface area (Å²) < 4.78 is 41.0. The third-order valence-corrected chi connectivity index (χ3v) is 8.31. The van der Waals surface area contributed by atoms with Gasteiger partial charge in [-0.2, -0.15) is 0 Å². The Morgan fingerprint density at radius 1 is 0.925 bits per heavy atom. The van der Waals surface area contributed by atoms with Gasteiger partial charge in [-0.05, 0) is 61.8 Å². The second-order valence-corrected chi connectivity index (χ2v) is 10.8. The van der Waals surface area contributed by atoms with E-state index in [4.69, 9.17) is 5.73 Å². The average molecular weight is 557 g/mol. The topological polar surface area (TPSA) is 113 Å². The third kappa shape index (κ3) is 5.47. The molecule has 0 aromatic heterocycles. The molecule has 8 nitrogen and oxygen atoms in total. The first kappa shape index (κ1) is 27.8. The van der Waals surface area contributed by atoms with Gasteiger partial charge in [-0.25, -0.2) is 13.2 Å². The summed E-state index contributed by atoms with van der Waals surface area (Å²) in [5, 5.41) is 2.70. The number of halogens is 3. The van der Waals surface area contributed by atoms with Crippen LogP contribution in [0.3, 0.4) is 0 Å². The minimum absolute atomic E-state index is 0.0101. The van der Waals surface area contributed by atoms with Gasteiger partial charge in [-0.3, -0.25) is 24.1 Å². The highest BCUT2D eigenvalue weighted by Gasteiger charge is 2.44. The van der Waals surface area contributed by atoms with E-state index in [1.165, 1.54) is 0 Å². The molecule has 212 valence electrons. The van der Waals surface area contributed by atoms with Crippen LogP contribution in [0.4, 0.5) is 13.2 Å². The summed E-state index contributed by atoms with van der Waals surface area (Å²) >= 11 is 0. The number of fused-ring (bicyclic) bond motifs is 3. The molecular formula is C29H31F3N4O4. The van der Waals surface area contributed by atoms with Crippen molar-refractivity contribution in [1.82, 2.24) is 15.1 Å². The average Bonchev–Trinajstić information content (AvgIpc) is 3.34. The molecule has 2 bridgehead atoms. The van der Waals surface area contributed by atoms with Crippen molar-refractivity contribution < 1.29 is 32.3 Å². The lowest BCUT2D eigenvalue weighted by Gasteiger charge is -2.41. The Morgan fingerprint density at radius 2 is 1.52 bits per heavy atom. The summed E-state index contributed by atoms with van der Waals surface area (Å²) in [7, 11) is 0. The molecule has 5 rings (SSSR count). The van der Waals surface area contributed by atoms with Crippen molar-refractivity contribution >= 4 is 23.6 Å². The van der Waals surface area contributed by atoms with Crippen molar-refractivity contribution in [2.75, 3.05) is 13.1 Å². The fraction of sp³-hybridized carbons (Fsp3) is 0.448. The van der Waals surface area contributed by atoms with E-state index in [-0.39, 0.29) is 67.7 Å². The van der Waals surface area contributed by atoms with Crippen molar-refractivity contribution in [2.45, 2.75) is 63.1 Å². The van der Waals surface area contributed by atoms with Crippen LogP contribution in [0.2, 0.25) is 0 Å². The minimum Gasteiger partial charge on any atom is -0.356 e. The Hall–Kier alpha value is -3.73. The summed E-state index contributed by atoms with van der Waals surface area (Å²) in [4.78, 5) is 53.2. The van der Waals surface area contributed by atoms with Crippen LogP contribution in [0.5, 0.6) is 0 Å². The number of carbonyl (C=O) groups is 4. The maximum absolute atomic E-state index is 14.1. The molecule has 0 radical (unpaired) electrons. The Bertz CT molecular complexity index is 1300. The number of benzene rings is 2. The summed E-state index contributed by atoms with van der Waals surface area (Å²) in [5.74, 6) is -4.44. The van der Waals surface area contributed by atoms with Crippen LogP contribution in [-0.4, -0.2) is 64.6 Å². The van der Waals surface area contributed by atoms with Crippen molar-refractivity contribution in [1.29, 1.82) is 0 Å². The molecule has 3 aliphatic rings. The molecule has 2 aromatic rings. The van der Waals surface area contributed by atoms with Gasteiger partial charge in [0, 0.05) is 50.1 Å². The second-order valence-electron chi connectivity index (χ2n) is 10.8. The van der Waals surface area contributed by atoms with Crippen LogP contribution in [0.15, 0.2) is 36.4 Å². The monoisotopic (exact) mass is 556 g/mol. The fourth-order valence-corrected chi connectivity index (χ4v) is 6.30. The Balaban J connectivity index is 1.07. The summed E-state index contributed by atoms with van der Waals surface area (Å²) in [5.41, 5.74) is 7.06. The van der Waals surface area contributed by atoms with Crippen LogP contribution in [0.25, 0.3) is 0 Å². The van der Waals surface area contributed by atoms with Gasteiger partial charge in [0.15, 0.2) is 11.6 Å². The first-order chi connectivity index (χ1) is 19.1. The number of nitrogens with zero attached hydrogens (tertiary/aromatic N) is 2. The van der Waals surface area contributed by atoms with Crippen LogP contribution in [-0.2, 0) is 16.0 Å². The number of carbonyl (C=O) groups excluding carboxylic acids is 4. The molecule has 3 N–H and O–H groups in total. The number of imide groups is 1. The van der Waals surface area contributed by atoms with E-state index in [2.05, 4.69) is 5.32 Å². The van der Waals surface area contributed by atoms with E-state index in [0.717, 1.165) is 23.8 Å². The standard InChI is InChI=1S/C29H31F3N4O4/c30-22-15-24(32)23(31)13-16(22)14-25(33)17-11-18-5-6-19(12-17)36(18)27(38)7-9-34-26(37)8-10-35-28(39)20-3-1-2-4-21(20)29(35)40/h1-4,13,15,17-19,25H,5-12,14,33H2,(H,34,37)/t17-,18-,19+,25-/m1/s1. The van der Waals surface area contributed by atoms with E-state index in [9.17, 15) is 32.3 Å². The largest absolute Gasteiger partial charge is 0.356 e. The first-order valence-electron chi connectivity index (χ1n) is 13.6. The molecule has 2 saturated heterocycles. The zero-order valence-electron chi connectivity index (χ0n) is 21.9. The molecule has 0 saturated carbocycles. The molecule has 2 fully saturated rings. The molecule has 0 spiro atoms. The van der Waals surface area contributed by atoms with Gasteiger partial charge in [-0.15, -0.1) is 0 Å². The van der Waals surface area contributed by atoms with E-state index in [1.807, 2.05) is 4.90 Å². The van der Waals surface area contributed by atoms with Gasteiger partial charge in [-0.1, -0.05) is 12.1 Å². The lowest BCUT2D eigenvalue weighted by atomic mass is 9.82.